The smallest absolute Gasteiger partial charge is 0.411 e. The summed E-state index contributed by atoms with van der Waals surface area (Å²) in [5.41, 5.74) is 0.435. The van der Waals surface area contributed by atoms with Gasteiger partial charge in [0.2, 0.25) is 0 Å². The zero-order valence-electron chi connectivity index (χ0n) is 12.2. The highest BCUT2D eigenvalue weighted by atomic mass is 35.5. The highest BCUT2D eigenvalue weighted by Gasteiger charge is 2.13. The number of ether oxygens (including phenoxy) is 2. The third-order valence-corrected chi connectivity index (χ3v) is 3.83. The first-order chi connectivity index (χ1) is 10.2. The third kappa shape index (κ3) is 4.79. The number of anilines is 1. The molecule has 6 heteroatoms. The Morgan fingerprint density at radius 1 is 1.33 bits per heavy atom. The minimum atomic E-state index is -0.515. The fourth-order valence-electron chi connectivity index (χ4n) is 2.38. The fourth-order valence-corrected chi connectivity index (χ4v) is 2.60. The molecule has 0 bridgehead atoms. The monoisotopic (exact) mass is 312 g/mol. The van der Waals surface area contributed by atoms with E-state index in [0.29, 0.717) is 23.1 Å². The van der Waals surface area contributed by atoms with Gasteiger partial charge in [-0.2, -0.15) is 0 Å². The quantitative estimate of drug-likeness (QED) is 0.905. The van der Waals surface area contributed by atoms with Crippen LogP contribution in [0.25, 0.3) is 0 Å². The van der Waals surface area contributed by atoms with Crippen molar-refractivity contribution in [3.63, 3.8) is 0 Å². The molecule has 1 aromatic rings. The first-order valence-corrected chi connectivity index (χ1v) is 7.57. The Kier molecular flexibility index (Phi) is 6.14. The molecule has 0 radical (unpaired) electrons. The van der Waals surface area contributed by atoms with Crippen molar-refractivity contribution in [2.75, 3.05) is 38.7 Å². The molecule has 21 heavy (non-hydrogen) atoms. The van der Waals surface area contributed by atoms with E-state index in [4.69, 9.17) is 21.1 Å². The van der Waals surface area contributed by atoms with Crippen molar-refractivity contribution in [3.05, 3.63) is 23.2 Å². The van der Waals surface area contributed by atoms with Gasteiger partial charge in [-0.3, -0.25) is 10.2 Å². The van der Waals surface area contributed by atoms with Crippen molar-refractivity contribution in [1.29, 1.82) is 0 Å². The van der Waals surface area contributed by atoms with Crippen LogP contribution >= 0.6 is 11.6 Å². The van der Waals surface area contributed by atoms with Crippen LogP contribution in [0.3, 0.4) is 0 Å². The maximum atomic E-state index is 11.8. The van der Waals surface area contributed by atoms with Crippen LogP contribution in [0.4, 0.5) is 10.5 Å². The summed E-state index contributed by atoms with van der Waals surface area (Å²) in [7, 11) is 1.53. The molecule has 0 spiro atoms. The Morgan fingerprint density at radius 3 is 2.81 bits per heavy atom. The Morgan fingerprint density at radius 2 is 2.10 bits per heavy atom. The van der Waals surface area contributed by atoms with E-state index in [1.165, 1.54) is 26.4 Å². The van der Waals surface area contributed by atoms with Crippen LogP contribution in [0.2, 0.25) is 5.02 Å². The number of amides is 1. The van der Waals surface area contributed by atoms with E-state index in [0.717, 1.165) is 19.6 Å². The first-order valence-electron chi connectivity index (χ1n) is 7.19. The molecule has 0 aliphatic carbocycles. The molecule has 1 amide bonds. The summed E-state index contributed by atoms with van der Waals surface area (Å²) >= 11 is 6.05. The lowest BCUT2D eigenvalue weighted by Crippen LogP contribution is -2.33. The van der Waals surface area contributed by atoms with Gasteiger partial charge in [-0.25, -0.2) is 4.79 Å². The van der Waals surface area contributed by atoms with E-state index in [1.807, 2.05) is 0 Å². The van der Waals surface area contributed by atoms with Gasteiger partial charge in [-0.05, 0) is 38.1 Å². The van der Waals surface area contributed by atoms with Crippen molar-refractivity contribution in [1.82, 2.24) is 4.90 Å². The van der Waals surface area contributed by atoms with Crippen molar-refractivity contribution in [2.24, 2.45) is 0 Å². The molecular formula is C15H21ClN2O3. The number of hydrogen-bond acceptors (Lipinski definition) is 4. The van der Waals surface area contributed by atoms with Crippen LogP contribution in [-0.2, 0) is 4.74 Å². The summed E-state index contributed by atoms with van der Waals surface area (Å²) in [6.07, 6.45) is 3.23. The third-order valence-electron chi connectivity index (χ3n) is 3.51. The van der Waals surface area contributed by atoms with Crippen molar-refractivity contribution in [3.8, 4) is 5.75 Å². The van der Waals surface area contributed by atoms with Crippen molar-refractivity contribution in [2.45, 2.75) is 19.3 Å². The van der Waals surface area contributed by atoms with E-state index in [1.54, 1.807) is 18.2 Å². The molecule has 1 fully saturated rings. The second kappa shape index (κ2) is 8.10. The largest absolute Gasteiger partial charge is 0.495 e. The topological polar surface area (TPSA) is 50.8 Å². The number of piperidine rings is 1. The predicted molar refractivity (Wildman–Crippen MR) is 83.3 cm³/mol. The SMILES string of the molecule is COc1cccc(Cl)c1NC(=O)OCCN1CCCCC1. The van der Waals surface area contributed by atoms with Gasteiger partial charge < -0.3 is 9.47 Å². The zero-order chi connectivity index (χ0) is 15.1. The zero-order valence-corrected chi connectivity index (χ0v) is 13.0. The summed E-state index contributed by atoms with van der Waals surface area (Å²) in [6, 6.07) is 5.18. The van der Waals surface area contributed by atoms with E-state index >= 15 is 0 Å². The molecule has 1 N–H and O–H groups in total. The number of likely N-dealkylation sites (tertiary alicyclic amines) is 1. The first kappa shape index (κ1) is 15.9. The van der Waals surface area contributed by atoms with Gasteiger partial charge in [0, 0.05) is 6.54 Å². The van der Waals surface area contributed by atoms with Crippen LogP contribution < -0.4 is 10.1 Å². The van der Waals surface area contributed by atoms with Gasteiger partial charge in [0.1, 0.15) is 18.0 Å². The molecule has 0 aromatic heterocycles. The molecule has 2 rings (SSSR count). The Hall–Kier alpha value is -1.46. The average molecular weight is 313 g/mol. The molecule has 1 aliphatic rings. The molecule has 5 nitrogen and oxygen atoms in total. The highest BCUT2D eigenvalue weighted by Crippen LogP contribution is 2.31. The van der Waals surface area contributed by atoms with Crippen LogP contribution in [0.15, 0.2) is 18.2 Å². The van der Waals surface area contributed by atoms with Gasteiger partial charge in [0.05, 0.1) is 12.1 Å². The lowest BCUT2D eigenvalue weighted by atomic mass is 10.1. The van der Waals surface area contributed by atoms with Gasteiger partial charge in [0.25, 0.3) is 0 Å². The number of methoxy groups -OCH3 is 1. The van der Waals surface area contributed by atoms with Crippen LogP contribution in [0, 0.1) is 0 Å². The van der Waals surface area contributed by atoms with Gasteiger partial charge in [-0.15, -0.1) is 0 Å². The summed E-state index contributed by atoms with van der Waals surface area (Å²) in [5, 5.41) is 3.05. The van der Waals surface area contributed by atoms with Crippen LogP contribution in [0.1, 0.15) is 19.3 Å². The molecule has 0 unspecified atom stereocenters. The number of nitrogens with zero attached hydrogens (tertiary/aromatic N) is 1. The summed E-state index contributed by atoms with van der Waals surface area (Å²) in [4.78, 5) is 14.1. The Labute approximate surface area is 130 Å². The molecule has 1 saturated heterocycles. The summed E-state index contributed by atoms with van der Waals surface area (Å²) in [5.74, 6) is 0.510. The highest BCUT2D eigenvalue weighted by molar-refractivity contribution is 6.34. The standard InChI is InChI=1S/C15H21ClN2O3/c1-20-13-7-5-6-12(16)14(13)17-15(19)21-11-10-18-8-3-2-4-9-18/h5-7H,2-4,8-11H2,1H3,(H,17,19). The average Bonchev–Trinajstić information content (AvgIpc) is 2.50. The lowest BCUT2D eigenvalue weighted by molar-refractivity contribution is 0.131. The minimum Gasteiger partial charge on any atom is -0.495 e. The number of hydrogen-bond donors (Lipinski definition) is 1. The maximum Gasteiger partial charge on any atom is 0.411 e. The van der Waals surface area contributed by atoms with Crippen LogP contribution in [-0.4, -0.2) is 44.3 Å². The normalized spacial score (nSPS) is 15.5. The molecule has 116 valence electrons. The lowest BCUT2D eigenvalue weighted by Gasteiger charge is -2.25. The number of benzene rings is 1. The second-order valence-corrected chi connectivity index (χ2v) is 5.39. The van der Waals surface area contributed by atoms with Crippen LogP contribution in [0.5, 0.6) is 5.75 Å². The number of halogens is 1. The minimum absolute atomic E-state index is 0.374. The maximum absolute atomic E-state index is 11.8. The molecule has 1 aliphatic heterocycles. The van der Waals surface area contributed by atoms with E-state index < -0.39 is 6.09 Å². The fraction of sp³-hybridized carbons (Fsp3) is 0.533. The van der Waals surface area contributed by atoms with Gasteiger partial charge >= 0.3 is 6.09 Å². The molecule has 0 saturated carbocycles. The number of para-hydroxylation sites is 1. The Bertz CT molecular complexity index is 476. The summed E-state index contributed by atoms with van der Waals surface area (Å²) in [6.45, 7) is 3.32. The Balaban J connectivity index is 1.79. The second-order valence-electron chi connectivity index (χ2n) is 4.98. The van der Waals surface area contributed by atoms with E-state index in [-0.39, 0.29) is 0 Å². The molecule has 1 aromatic carbocycles. The van der Waals surface area contributed by atoms with E-state index in [9.17, 15) is 4.79 Å². The summed E-state index contributed by atoms with van der Waals surface area (Å²) < 4.78 is 10.4. The number of carbonyl (C=O) groups excluding carboxylic acids is 1. The molecule has 1 heterocycles. The number of carbonyl (C=O) groups is 1. The van der Waals surface area contributed by atoms with E-state index in [2.05, 4.69) is 10.2 Å². The number of rotatable bonds is 5. The van der Waals surface area contributed by atoms with Crippen molar-refractivity contribution >= 4 is 23.4 Å². The van der Waals surface area contributed by atoms with Gasteiger partial charge in [0.15, 0.2) is 0 Å². The molecular weight excluding hydrogens is 292 g/mol. The predicted octanol–water partition coefficient (Wildman–Crippen LogP) is 3.38. The number of nitrogens with one attached hydrogen (secondary N) is 1. The molecule has 0 atom stereocenters. The van der Waals surface area contributed by atoms with Gasteiger partial charge in [-0.1, -0.05) is 24.1 Å². The van der Waals surface area contributed by atoms with Crippen molar-refractivity contribution < 1.29 is 14.3 Å².